The Morgan fingerprint density at radius 3 is 2.45 bits per heavy atom. The van der Waals surface area contributed by atoms with Crippen molar-refractivity contribution in [3.05, 3.63) is 71.3 Å². The average molecular weight is 455 g/mol. The molecule has 4 aromatic rings. The van der Waals surface area contributed by atoms with Crippen LogP contribution in [-0.2, 0) is 6.18 Å². The highest BCUT2D eigenvalue weighted by molar-refractivity contribution is 5.93. The van der Waals surface area contributed by atoms with Crippen molar-refractivity contribution < 1.29 is 18.3 Å². The third-order valence-corrected chi connectivity index (χ3v) is 5.37. The molecule has 0 aliphatic carbocycles. The smallest absolute Gasteiger partial charge is 0.394 e. The molecule has 4 aromatic heterocycles. The lowest BCUT2D eigenvalue weighted by Crippen LogP contribution is -2.30. The van der Waals surface area contributed by atoms with Gasteiger partial charge in [-0.15, -0.1) is 0 Å². The minimum absolute atomic E-state index is 0.0369. The molecule has 0 bridgehead atoms. The molecule has 1 unspecified atom stereocenters. The largest absolute Gasteiger partial charge is 0.433 e. The molecule has 0 saturated carbocycles. The lowest BCUT2D eigenvalue weighted by Gasteiger charge is -2.21. The summed E-state index contributed by atoms with van der Waals surface area (Å²) in [6.45, 7) is 3.51. The minimum atomic E-state index is -4.57. The predicted molar refractivity (Wildman–Crippen MR) is 116 cm³/mol. The van der Waals surface area contributed by atoms with Crippen LogP contribution in [0.3, 0.4) is 0 Å². The maximum atomic E-state index is 13.4. The van der Waals surface area contributed by atoms with Gasteiger partial charge in [-0.1, -0.05) is 13.8 Å². The number of pyridine rings is 3. The van der Waals surface area contributed by atoms with Gasteiger partial charge in [0, 0.05) is 29.7 Å². The summed E-state index contributed by atoms with van der Waals surface area (Å²) in [4.78, 5) is 30.0. The van der Waals surface area contributed by atoms with E-state index in [0.717, 1.165) is 12.3 Å². The van der Waals surface area contributed by atoms with Gasteiger partial charge in [0.1, 0.15) is 11.2 Å². The van der Waals surface area contributed by atoms with Gasteiger partial charge >= 0.3 is 6.18 Å². The van der Waals surface area contributed by atoms with Crippen molar-refractivity contribution in [2.24, 2.45) is 5.92 Å². The predicted octanol–water partition coefficient (Wildman–Crippen LogP) is 4.12. The highest BCUT2D eigenvalue weighted by atomic mass is 19.4. The van der Waals surface area contributed by atoms with Crippen molar-refractivity contribution in [1.29, 1.82) is 0 Å². The second-order valence-corrected chi connectivity index (χ2v) is 7.87. The number of hydrogen-bond donors (Lipinski definition) is 1. The van der Waals surface area contributed by atoms with Crippen molar-refractivity contribution in [3.8, 4) is 22.5 Å². The summed E-state index contributed by atoms with van der Waals surface area (Å²) >= 11 is 0. The molecule has 1 N–H and O–H groups in total. The molecule has 10 heteroatoms. The molecule has 33 heavy (non-hydrogen) atoms. The van der Waals surface area contributed by atoms with Gasteiger partial charge in [-0.05, 0) is 36.2 Å². The number of aliphatic hydroxyl groups excluding tert-OH is 1. The first-order valence-electron chi connectivity index (χ1n) is 10.2. The van der Waals surface area contributed by atoms with Crippen LogP contribution in [0, 0.1) is 5.92 Å². The Morgan fingerprint density at radius 2 is 1.88 bits per heavy atom. The topological polar surface area (TPSA) is 93.8 Å². The van der Waals surface area contributed by atoms with E-state index < -0.39 is 17.9 Å². The fourth-order valence-electron chi connectivity index (χ4n) is 3.56. The zero-order valence-corrected chi connectivity index (χ0v) is 17.8. The quantitative estimate of drug-likeness (QED) is 0.487. The number of hydrogen-bond acceptors (Lipinski definition) is 6. The van der Waals surface area contributed by atoms with E-state index in [1.807, 2.05) is 13.8 Å². The maximum absolute atomic E-state index is 13.4. The van der Waals surface area contributed by atoms with Gasteiger partial charge in [-0.25, -0.2) is 9.97 Å². The zero-order valence-electron chi connectivity index (χ0n) is 17.8. The second kappa shape index (κ2) is 8.70. The van der Waals surface area contributed by atoms with Gasteiger partial charge in [0.05, 0.1) is 35.8 Å². The van der Waals surface area contributed by atoms with Crippen LogP contribution in [0.4, 0.5) is 13.2 Å². The Labute approximate surface area is 186 Å². The van der Waals surface area contributed by atoms with Crippen molar-refractivity contribution in [2.75, 3.05) is 6.61 Å². The van der Waals surface area contributed by atoms with Gasteiger partial charge < -0.3 is 5.11 Å². The molecule has 1 atom stereocenters. The van der Waals surface area contributed by atoms with Gasteiger partial charge in [0.15, 0.2) is 0 Å². The fraction of sp³-hybridized carbons (Fsp3) is 0.261. The number of nitrogens with zero attached hydrogens (tertiary/aromatic N) is 5. The summed E-state index contributed by atoms with van der Waals surface area (Å²) in [6.07, 6.45) is 1.04. The summed E-state index contributed by atoms with van der Waals surface area (Å²) < 4.78 is 40.2. The normalized spacial score (nSPS) is 12.9. The van der Waals surface area contributed by atoms with E-state index in [-0.39, 0.29) is 29.2 Å². The first-order valence-corrected chi connectivity index (χ1v) is 10.2. The third kappa shape index (κ3) is 4.34. The highest BCUT2D eigenvalue weighted by Crippen LogP contribution is 2.31. The van der Waals surface area contributed by atoms with Gasteiger partial charge in [-0.2, -0.15) is 13.2 Å². The molecule has 0 fully saturated rings. The van der Waals surface area contributed by atoms with Crippen LogP contribution in [0.1, 0.15) is 25.6 Å². The first-order chi connectivity index (χ1) is 15.7. The Hall–Kier alpha value is -3.66. The molecule has 0 aliphatic heterocycles. The number of rotatable bonds is 5. The van der Waals surface area contributed by atoms with Crippen LogP contribution in [0.25, 0.3) is 33.4 Å². The Balaban J connectivity index is 1.98. The molecule has 0 aromatic carbocycles. The number of aromatic nitrogens is 5. The van der Waals surface area contributed by atoms with Gasteiger partial charge in [0.2, 0.25) is 0 Å². The van der Waals surface area contributed by atoms with E-state index >= 15 is 0 Å². The van der Waals surface area contributed by atoms with Crippen molar-refractivity contribution in [3.63, 3.8) is 0 Å². The molecule has 0 aliphatic rings. The summed E-state index contributed by atoms with van der Waals surface area (Å²) in [7, 11) is 0. The van der Waals surface area contributed by atoms with Crippen molar-refractivity contribution in [2.45, 2.75) is 26.1 Å². The average Bonchev–Trinajstić information content (AvgIpc) is 2.80. The number of alkyl halides is 3. The molecule has 4 heterocycles. The van der Waals surface area contributed by atoms with Crippen LogP contribution in [0.2, 0.25) is 0 Å². The molecule has 7 nitrogen and oxygen atoms in total. The molecular formula is C23H20F3N5O2. The first kappa shape index (κ1) is 22.5. The molecule has 4 rings (SSSR count). The Morgan fingerprint density at radius 1 is 1.09 bits per heavy atom. The van der Waals surface area contributed by atoms with E-state index in [9.17, 15) is 23.1 Å². The molecule has 170 valence electrons. The summed E-state index contributed by atoms with van der Waals surface area (Å²) in [5.74, 6) is -0.0369. The van der Waals surface area contributed by atoms with Crippen LogP contribution in [0.5, 0.6) is 0 Å². The van der Waals surface area contributed by atoms with E-state index in [4.69, 9.17) is 0 Å². The van der Waals surface area contributed by atoms with E-state index in [0.29, 0.717) is 22.3 Å². The highest BCUT2D eigenvalue weighted by Gasteiger charge is 2.32. The fourth-order valence-corrected chi connectivity index (χ4v) is 3.56. The SMILES string of the molecule is CC(C)C(CO)n1cnc2c(-c3cccnc3)nc(-c3ccc(C(F)(F)F)nc3)cc2c1=O. The van der Waals surface area contributed by atoms with E-state index in [1.54, 1.807) is 24.5 Å². The van der Waals surface area contributed by atoms with Gasteiger partial charge in [0.25, 0.3) is 5.56 Å². The third-order valence-electron chi connectivity index (χ3n) is 5.37. The number of halogens is 3. The van der Waals surface area contributed by atoms with Crippen molar-refractivity contribution >= 4 is 10.9 Å². The molecule has 0 radical (unpaired) electrons. The Kier molecular flexibility index (Phi) is 5.94. The van der Waals surface area contributed by atoms with Crippen LogP contribution >= 0.6 is 0 Å². The molecule has 0 amide bonds. The van der Waals surface area contributed by atoms with E-state index in [1.165, 1.54) is 23.0 Å². The van der Waals surface area contributed by atoms with E-state index in [2.05, 4.69) is 19.9 Å². The summed E-state index contributed by atoms with van der Waals surface area (Å²) in [5, 5.41) is 10.0. The van der Waals surface area contributed by atoms with Gasteiger partial charge in [-0.3, -0.25) is 19.3 Å². The lowest BCUT2D eigenvalue weighted by atomic mass is 10.0. The maximum Gasteiger partial charge on any atom is 0.433 e. The molecule has 0 spiro atoms. The summed E-state index contributed by atoms with van der Waals surface area (Å²) in [5.41, 5.74) is 0.457. The minimum Gasteiger partial charge on any atom is -0.394 e. The number of aliphatic hydroxyl groups is 1. The van der Waals surface area contributed by atoms with Crippen molar-refractivity contribution in [1.82, 2.24) is 24.5 Å². The second-order valence-electron chi connectivity index (χ2n) is 7.87. The monoisotopic (exact) mass is 455 g/mol. The lowest BCUT2D eigenvalue weighted by molar-refractivity contribution is -0.141. The molecule has 0 saturated heterocycles. The van der Waals surface area contributed by atoms with Crippen LogP contribution in [0.15, 0.2) is 60.0 Å². The molecular weight excluding hydrogens is 435 g/mol. The standard InChI is InChI=1S/C23H20F3N5O2/c1-13(2)18(11-32)31-12-29-21-16(22(31)33)8-17(30-20(21)15-4-3-7-27-9-15)14-5-6-19(28-10-14)23(24,25)26/h3-10,12-13,18,32H,11H2,1-2H3. The number of fused-ring (bicyclic) bond motifs is 1. The van der Waals surface area contributed by atoms with Crippen LogP contribution in [-0.4, -0.2) is 36.2 Å². The summed E-state index contributed by atoms with van der Waals surface area (Å²) in [6, 6.07) is 6.59. The van der Waals surface area contributed by atoms with Crippen LogP contribution < -0.4 is 5.56 Å². The Bertz CT molecular complexity index is 1340. The zero-order chi connectivity index (χ0) is 23.8.